The first-order valence-electron chi connectivity index (χ1n) is 7.06. The summed E-state index contributed by atoms with van der Waals surface area (Å²) in [7, 11) is 0. The summed E-state index contributed by atoms with van der Waals surface area (Å²) in [5, 5.41) is 3.40. The van der Waals surface area contributed by atoms with Crippen molar-refractivity contribution >= 4 is 15.9 Å². The molecule has 0 amide bonds. The number of benzene rings is 2. The van der Waals surface area contributed by atoms with E-state index in [0.717, 1.165) is 27.9 Å². The third-order valence-corrected chi connectivity index (χ3v) is 3.59. The van der Waals surface area contributed by atoms with Crippen LogP contribution in [0.2, 0.25) is 0 Å². The van der Waals surface area contributed by atoms with E-state index in [1.54, 1.807) is 6.07 Å². The van der Waals surface area contributed by atoms with Crippen molar-refractivity contribution in [2.24, 2.45) is 0 Å². The van der Waals surface area contributed by atoms with Crippen molar-refractivity contribution in [3.05, 3.63) is 63.9 Å². The lowest BCUT2D eigenvalue weighted by Crippen LogP contribution is -2.22. The summed E-state index contributed by atoms with van der Waals surface area (Å²) in [4.78, 5) is 0. The first-order chi connectivity index (χ1) is 10.1. The van der Waals surface area contributed by atoms with Crippen molar-refractivity contribution in [1.29, 1.82) is 0 Å². The largest absolute Gasteiger partial charge is 0.494 e. The average Bonchev–Trinajstić information content (AvgIpc) is 2.44. The number of hydrogen-bond acceptors (Lipinski definition) is 2. The van der Waals surface area contributed by atoms with Crippen LogP contribution in [0.25, 0.3) is 0 Å². The Kier molecular flexibility index (Phi) is 5.76. The van der Waals surface area contributed by atoms with E-state index in [1.165, 1.54) is 6.07 Å². The van der Waals surface area contributed by atoms with Gasteiger partial charge in [-0.05, 0) is 54.9 Å². The first kappa shape index (κ1) is 16.0. The summed E-state index contributed by atoms with van der Waals surface area (Å²) in [5.74, 6) is 0.580. The van der Waals surface area contributed by atoms with E-state index in [2.05, 4.69) is 21.2 Å². The summed E-state index contributed by atoms with van der Waals surface area (Å²) in [5.41, 5.74) is 1.94. The average molecular weight is 352 g/mol. The van der Waals surface area contributed by atoms with Gasteiger partial charge < -0.3 is 10.1 Å². The van der Waals surface area contributed by atoms with Crippen LogP contribution in [0.1, 0.15) is 31.0 Å². The summed E-state index contributed by atoms with van der Waals surface area (Å²) < 4.78 is 19.9. The lowest BCUT2D eigenvalue weighted by molar-refractivity contribution is 0.339. The Balaban J connectivity index is 2.40. The fourth-order valence-corrected chi connectivity index (χ4v) is 2.81. The third-order valence-electron chi connectivity index (χ3n) is 3.13. The molecular formula is C17H19BrFNO. The molecule has 1 unspecified atom stereocenters. The van der Waals surface area contributed by atoms with E-state index in [1.807, 2.05) is 44.2 Å². The van der Waals surface area contributed by atoms with E-state index in [0.29, 0.717) is 6.61 Å². The lowest BCUT2D eigenvalue weighted by Gasteiger charge is -2.20. The molecule has 0 aromatic heterocycles. The second kappa shape index (κ2) is 7.57. The van der Waals surface area contributed by atoms with Crippen LogP contribution < -0.4 is 10.1 Å². The summed E-state index contributed by atoms with van der Waals surface area (Å²) >= 11 is 3.35. The molecule has 2 rings (SSSR count). The second-order valence-electron chi connectivity index (χ2n) is 4.70. The Hall–Kier alpha value is -1.39. The molecule has 0 heterocycles. The van der Waals surface area contributed by atoms with Gasteiger partial charge in [-0.2, -0.15) is 0 Å². The fourth-order valence-electron chi connectivity index (χ4n) is 2.32. The first-order valence-corrected chi connectivity index (χ1v) is 7.85. The minimum atomic E-state index is -0.247. The molecule has 0 aliphatic carbocycles. The van der Waals surface area contributed by atoms with E-state index in [9.17, 15) is 4.39 Å². The quantitative estimate of drug-likeness (QED) is 0.815. The third kappa shape index (κ3) is 4.29. The van der Waals surface area contributed by atoms with Gasteiger partial charge >= 0.3 is 0 Å². The number of halogens is 2. The Bertz CT molecular complexity index is 583. The van der Waals surface area contributed by atoms with Crippen LogP contribution in [0.15, 0.2) is 46.9 Å². The summed E-state index contributed by atoms with van der Waals surface area (Å²) in [6.07, 6.45) is 0. The molecule has 0 spiro atoms. The highest BCUT2D eigenvalue weighted by molar-refractivity contribution is 9.10. The normalized spacial score (nSPS) is 12.2. The van der Waals surface area contributed by atoms with Gasteiger partial charge in [-0.1, -0.05) is 35.0 Å². The predicted molar refractivity (Wildman–Crippen MR) is 87.2 cm³/mol. The minimum absolute atomic E-state index is 0.0672. The monoisotopic (exact) mass is 351 g/mol. The zero-order valence-electron chi connectivity index (χ0n) is 12.2. The van der Waals surface area contributed by atoms with Gasteiger partial charge in [0, 0.05) is 4.47 Å². The molecule has 0 fully saturated rings. The minimum Gasteiger partial charge on any atom is -0.494 e. The van der Waals surface area contributed by atoms with Gasteiger partial charge in [0.15, 0.2) is 0 Å². The van der Waals surface area contributed by atoms with Crippen molar-refractivity contribution in [3.63, 3.8) is 0 Å². The van der Waals surface area contributed by atoms with Crippen molar-refractivity contribution in [3.8, 4) is 5.75 Å². The van der Waals surface area contributed by atoms with Crippen LogP contribution in [0.3, 0.4) is 0 Å². The van der Waals surface area contributed by atoms with Gasteiger partial charge in [-0.3, -0.25) is 0 Å². The maximum Gasteiger partial charge on any atom is 0.124 e. The van der Waals surface area contributed by atoms with E-state index in [4.69, 9.17) is 4.74 Å². The van der Waals surface area contributed by atoms with Crippen LogP contribution in [0.5, 0.6) is 5.75 Å². The molecule has 21 heavy (non-hydrogen) atoms. The Morgan fingerprint density at radius 1 is 1.14 bits per heavy atom. The molecule has 0 bridgehead atoms. The maximum absolute atomic E-state index is 13.7. The molecule has 2 aromatic carbocycles. The van der Waals surface area contributed by atoms with Crippen LogP contribution in [-0.4, -0.2) is 13.2 Å². The topological polar surface area (TPSA) is 21.3 Å². The number of ether oxygens (including phenoxy) is 1. The molecule has 1 N–H and O–H groups in total. The molecule has 4 heteroatoms. The SMILES string of the molecule is CCNC(c1cc(F)cc(Br)c1)c1cccc(OCC)c1. The number of rotatable bonds is 6. The molecule has 0 saturated heterocycles. The smallest absolute Gasteiger partial charge is 0.124 e. The second-order valence-corrected chi connectivity index (χ2v) is 5.61. The molecule has 0 aliphatic heterocycles. The number of hydrogen-bond donors (Lipinski definition) is 1. The van der Waals surface area contributed by atoms with Crippen molar-refractivity contribution < 1.29 is 9.13 Å². The van der Waals surface area contributed by atoms with E-state index in [-0.39, 0.29) is 11.9 Å². The summed E-state index contributed by atoms with van der Waals surface area (Å²) in [6, 6.07) is 12.8. The highest BCUT2D eigenvalue weighted by atomic mass is 79.9. The van der Waals surface area contributed by atoms with Crippen molar-refractivity contribution in [2.45, 2.75) is 19.9 Å². The van der Waals surface area contributed by atoms with E-state index < -0.39 is 0 Å². The Morgan fingerprint density at radius 3 is 2.62 bits per heavy atom. The van der Waals surface area contributed by atoms with Crippen LogP contribution in [0, 0.1) is 5.82 Å². The molecule has 2 aromatic rings. The van der Waals surface area contributed by atoms with Gasteiger partial charge in [-0.25, -0.2) is 4.39 Å². The van der Waals surface area contributed by atoms with Crippen molar-refractivity contribution in [2.75, 3.05) is 13.2 Å². The molecule has 112 valence electrons. The van der Waals surface area contributed by atoms with Gasteiger partial charge in [0.2, 0.25) is 0 Å². The molecule has 1 atom stereocenters. The molecular weight excluding hydrogens is 333 g/mol. The molecule has 2 nitrogen and oxygen atoms in total. The number of nitrogens with one attached hydrogen (secondary N) is 1. The fraction of sp³-hybridized carbons (Fsp3) is 0.294. The van der Waals surface area contributed by atoms with Crippen molar-refractivity contribution in [1.82, 2.24) is 5.32 Å². The standard InChI is InChI=1S/C17H19BrFNO/c1-3-20-17(13-8-14(18)11-15(19)9-13)12-6-5-7-16(10-12)21-4-2/h5-11,17,20H,3-4H2,1-2H3. The molecule has 0 aliphatic rings. The highest BCUT2D eigenvalue weighted by Crippen LogP contribution is 2.28. The molecule has 0 radical (unpaired) electrons. The van der Waals surface area contributed by atoms with Crippen LogP contribution in [0.4, 0.5) is 4.39 Å². The Morgan fingerprint density at radius 2 is 1.95 bits per heavy atom. The predicted octanol–water partition coefficient (Wildman–Crippen LogP) is 4.69. The molecule has 0 saturated carbocycles. The lowest BCUT2D eigenvalue weighted by atomic mass is 9.98. The van der Waals surface area contributed by atoms with Gasteiger partial charge in [0.05, 0.1) is 12.6 Å². The van der Waals surface area contributed by atoms with Gasteiger partial charge in [-0.15, -0.1) is 0 Å². The Labute approximate surface area is 133 Å². The van der Waals surface area contributed by atoms with E-state index >= 15 is 0 Å². The van der Waals surface area contributed by atoms with Gasteiger partial charge in [0.1, 0.15) is 11.6 Å². The van der Waals surface area contributed by atoms with Crippen LogP contribution in [-0.2, 0) is 0 Å². The zero-order valence-corrected chi connectivity index (χ0v) is 13.8. The highest BCUT2D eigenvalue weighted by Gasteiger charge is 2.15. The zero-order chi connectivity index (χ0) is 15.2. The maximum atomic E-state index is 13.7. The van der Waals surface area contributed by atoms with Gasteiger partial charge in [0.25, 0.3) is 0 Å². The summed E-state index contributed by atoms with van der Waals surface area (Å²) in [6.45, 7) is 5.41. The van der Waals surface area contributed by atoms with Crippen LogP contribution >= 0.6 is 15.9 Å².